The van der Waals surface area contributed by atoms with Crippen molar-refractivity contribution in [1.29, 1.82) is 5.26 Å². The summed E-state index contributed by atoms with van der Waals surface area (Å²) < 4.78 is 0. The van der Waals surface area contributed by atoms with E-state index in [0.717, 1.165) is 4.90 Å². The number of nitrogens with zero attached hydrogens (tertiary/aromatic N) is 1. The second-order valence-corrected chi connectivity index (χ2v) is 7.04. The molecule has 7 heteroatoms. The lowest BCUT2D eigenvalue weighted by molar-refractivity contribution is -0.881. The van der Waals surface area contributed by atoms with Crippen LogP contribution in [0.5, 0.6) is 0 Å². The molecule has 0 radical (unpaired) electrons. The van der Waals surface area contributed by atoms with Gasteiger partial charge in [0.2, 0.25) is 0 Å². The minimum Gasteiger partial charge on any atom is -0.347 e. The predicted molar refractivity (Wildman–Crippen MR) is 93.9 cm³/mol. The first-order chi connectivity index (χ1) is 11.1. The maximum absolute atomic E-state index is 12.2. The van der Waals surface area contributed by atoms with Crippen LogP contribution >= 0.6 is 11.6 Å². The molecule has 0 bridgehead atoms. The number of benzene rings is 1. The number of likely N-dealkylation sites (N-methyl/N-ethyl adjacent to an activating group) is 1. The van der Waals surface area contributed by atoms with Gasteiger partial charge in [0, 0.05) is 10.6 Å². The van der Waals surface area contributed by atoms with Gasteiger partial charge >= 0.3 is 0 Å². The Balaban J connectivity index is 2.67. The number of carbonyl (C=O) groups is 2. The third kappa shape index (κ3) is 6.99. The summed E-state index contributed by atoms with van der Waals surface area (Å²) in [5, 5.41) is 15.1. The SMILES string of the molecule is CC[NH+](CC(=O)Nc1cc(Cl)ccc1C#N)CC(=O)NC(C)(C)C. The Morgan fingerprint density at radius 2 is 1.88 bits per heavy atom. The summed E-state index contributed by atoms with van der Waals surface area (Å²) in [5.74, 6) is -0.373. The third-order valence-electron chi connectivity index (χ3n) is 3.21. The van der Waals surface area contributed by atoms with E-state index in [1.165, 1.54) is 6.07 Å². The number of rotatable bonds is 6. The molecule has 1 aromatic rings. The van der Waals surface area contributed by atoms with Gasteiger partial charge in [-0.05, 0) is 45.9 Å². The average Bonchev–Trinajstić information content (AvgIpc) is 2.44. The minimum atomic E-state index is -0.305. The van der Waals surface area contributed by atoms with Gasteiger partial charge in [0.15, 0.2) is 13.1 Å². The highest BCUT2D eigenvalue weighted by Gasteiger charge is 2.20. The molecule has 1 atom stereocenters. The van der Waals surface area contributed by atoms with E-state index in [0.29, 0.717) is 22.8 Å². The van der Waals surface area contributed by atoms with Crippen LogP contribution in [0.3, 0.4) is 0 Å². The Bertz CT molecular complexity index is 647. The molecular formula is C17H24ClN4O2+. The molecule has 0 aromatic heterocycles. The van der Waals surface area contributed by atoms with Crippen LogP contribution in [-0.4, -0.2) is 37.0 Å². The number of halogens is 1. The van der Waals surface area contributed by atoms with Gasteiger partial charge in [-0.1, -0.05) is 11.6 Å². The molecule has 0 aliphatic heterocycles. The number of anilines is 1. The summed E-state index contributed by atoms with van der Waals surface area (Å²) in [7, 11) is 0. The first kappa shape index (κ1) is 19.9. The van der Waals surface area contributed by atoms with E-state index in [1.807, 2.05) is 33.8 Å². The first-order valence-corrected chi connectivity index (χ1v) is 8.16. The maximum Gasteiger partial charge on any atom is 0.279 e. The fourth-order valence-corrected chi connectivity index (χ4v) is 2.31. The van der Waals surface area contributed by atoms with E-state index in [2.05, 4.69) is 10.6 Å². The molecule has 24 heavy (non-hydrogen) atoms. The summed E-state index contributed by atoms with van der Waals surface area (Å²) in [5.41, 5.74) is 0.418. The Kier molecular flexibility index (Phi) is 7.20. The van der Waals surface area contributed by atoms with Crippen LogP contribution in [0.25, 0.3) is 0 Å². The molecule has 1 unspecified atom stereocenters. The largest absolute Gasteiger partial charge is 0.347 e. The third-order valence-corrected chi connectivity index (χ3v) is 3.45. The van der Waals surface area contributed by atoms with Gasteiger partial charge < -0.3 is 15.5 Å². The molecule has 3 N–H and O–H groups in total. The molecule has 0 saturated heterocycles. The van der Waals surface area contributed by atoms with Crippen molar-refractivity contribution in [3.05, 3.63) is 28.8 Å². The molecule has 0 fully saturated rings. The van der Waals surface area contributed by atoms with E-state index in [-0.39, 0.29) is 30.4 Å². The van der Waals surface area contributed by atoms with E-state index in [9.17, 15) is 9.59 Å². The van der Waals surface area contributed by atoms with Crippen molar-refractivity contribution in [3.8, 4) is 6.07 Å². The van der Waals surface area contributed by atoms with Gasteiger partial charge in [-0.15, -0.1) is 0 Å². The van der Waals surface area contributed by atoms with Crippen LogP contribution in [0.1, 0.15) is 33.3 Å². The Morgan fingerprint density at radius 1 is 1.25 bits per heavy atom. The van der Waals surface area contributed by atoms with E-state index >= 15 is 0 Å². The van der Waals surface area contributed by atoms with Gasteiger partial charge in [-0.2, -0.15) is 5.26 Å². The fourth-order valence-electron chi connectivity index (χ4n) is 2.14. The normalized spacial score (nSPS) is 12.2. The average molecular weight is 352 g/mol. The van der Waals surface area contributed by atoms with E-state index in [1.54, 1.807) is 12.1 Å². The summed E-state index contributed by atoms with van der Waals surface area (Å²) in [6.45, 7) is 8.61. The summed E-state index contributed by atoms with van der Waals surface area (Å²) in [4.78, 5) is 25.0. The van der Waals surface area contributed by atoms with Crippen LogP contribution in [-0.2, 0) is 9.59 Å². The molecule has 0 heterocycles. The van der Waals surface area contributed by atoms with Crippen LogP contribution in [0.4, 0.5) is 5.69 Å². The number of nitrogens with one attached hydrogen (secondary N) is 3. The Morgan fingerprint density at radius 3 is 2.42 bits per heavy atom. The monoisotopic (exact) mass is 351 g/mol. The Hall–Kier alpha value is -2.10. The number of nitriles is 1. The number of amides is 2. The van der Waals surface area contributed by atoms with Crippen molar-refractivity contribution in [2.75, 3.05) is 25.0 Å². The number of hydrogen-bond donors (Lipinski definition) is 3. The van der Waals surface area contributed by atoms with Crippen molar-refractivity contribution in [2.45, 2.75) is 33.2 Å². The van der Waals surface area contributed by atoms with Gasteiger partial charge in [0.25, 0.3) is 11.8 Å². The van der Waals surface area contributed by atoms with E-state index < -0.39 is 0 Å². The summed E-state index contributed by atoms with van der Waals surface area (Å²) in [6.07, 6.45) is 0. The highest BCUT2D eigenvalue weighted by Crippen LogP contribution is 2.20. The van der Waals surface area contributed by atoms with Crippen molar-refractivity contribution in [2.24, 2.45) is 0 Å². The van der Waals surface area contributed by atoms with Crippen LogP contribution in [0, 0.1) is 11.3 Å². The summed E-state index contributed by atoms with van der Waals surface area (Å²) >= 11 is 5.90. The zero-order chi connectivity index (χ0) is 18.3. The first-order valence-electron chi connectivity index (χ1n) is 7.78. The molecule has 0 saturated carbocycles. The molecule has 0 aliphatic carbocycles. The molecule has 0 aliphatic rings. The highest BCUT2D eigenvalue weighted by atomic mass is 35.5. The minimum absolute atomic E-state index is 0.104. The van der Waals surface area contributed by atoms with Crippen molar-refractivity contribution >= 4 is 29.1 Å². The molecule has 1 rings (SSSR count). The zero-order valence-corrected chi connectivity index (χ0v) is 15.3. The molecular weight excluding hydrogens is 328 g/mol. The quantitative estimate of drug-likeness (QED) is 0.713. The zero-order valence-electron chi connectivity index (χ0n) is 14.5. The Labute approximate surface area is 147 Å². The molecule has 130 valence electrons. The van der Waals surface area contributed by atoms with Crippen molar-refractivity contribution in [1.82, 2.24) is 5.32 Å². The number of carbonyl (C=O) groups excluding carboxylic acids is 2. The lowest BCUT2D eigenvalue weighted by Gasteiger charge is -2.23. The second kappa shape index (κ2) is 8.67. The molecule has 1 aromatic carbocycles. The maximum atomic E-state index is 12.2. The smallest absolute Gasteiger partial charge is 0.279 e. The van der Waals surface area contributed by atoms with Gasteiger partial charge in [-0.25, -0.2) is 0 Å². The van der Waals surface area contributed by atoms with Crippen LogP contribution < -0.4 is 15.5 Å². The lowest BCUT2D eigenvalue weighted by Crippen LogP contribution is -3.14. The van der Waals surface area contributed by atoms with Gasteiger partial charge in [0.1, 0.15) is 6.07 Å². The summed E-state index contributed by atoms with van der Waals surface area (Å²) in [6, 6.07) is 6.69. The van der Waals surface area contributed by atoms with Crippen molar-refractivity contribution < 1.29 is 14.5 Å². The number of hydrogen-bond acceptors (Lipinski definition) is 3. The van der Waals surface area contributed by atoms with Crippen molar-refractivity contribution in [3.63, 3.8) is 0 Å². The van der Waals surface area contributed by atoms with Gasteiger partial charge in [0.05, 0.1) is 17.8 Å². The molecule has 6 nitrogen and oxygen atoms in total. The standard InChI is InChI=1S/C17H23ClN4O2/c1-5-22(11-16(24)21-17(2,3)4)10-15(23)20-14-8-13(18)7-6-12(14)9-19/h6-8H,5,10-11H2,1-4H3,(H,20,23)(H,21,24)/p+1. The second-order valence-electron chi connectivity index (χ2n) is 6.61. The topological polar surface area (TPSA) is 86.4 Å². The molecule has 0 spiro atoms. The number of quaternary nitrogens is 1. The highest BCUT2D eigenvalue weighted by molar-refractivity contribution is 6.31. The van der Waals surface area contributed by atoms with Crippen LogP contribution in [0.2, 0.25) is 5.02 Å². The lowest BCUT2D eigenvalue weighted by atomic mass is 10.1. The van der Waals surface area contributed by atoms with Gasteiger partial charge in [-0.3, -0.25) is 9.59 Å². The van der Waals surface area contributed by atoms with E-state index in [4.69, 9.17) is 16.9 Å². The predicted octanol–water partition coefficient (Wildman–Crippen LogP) is 0.970. The van der Waals surface area contributed by atoms with Crippen LogP contribution in [0.15, 0.2) is 18.2 Å². The fraction of sp³-hybridized carbons (Fsp3) is 0.471. The molecule has 2 amide bonds.